The maximum atomic E-state index is 12.9. The Bertz CT molecular complexity index is 2940. The molecule has 0 aliphatic carbocycles. The predicted molar refractivity (Wildman–Crippen MR) is 344 cm³/mol. The van der Waals surface area contributed by atoms with Gasteiger partial charge in [-0.25, -0.2) is 13.2 Å². The van der Waals surface area contributed by atoms with E-state index < -0.39 is 23.4 Å². The fraction of sp³-hybridized carbons (Fsp3) is 0.360. The minimum absolute atomic E-state index is 0.107. The summed E-state index contributed by atoms with van der Waals surface area (Å²) >= 11 is 0. The number of aryl methyl sites for hydroxylation is 3. The van der Waals surface area contributed by atoms with Crippen molar-refractivity contribution in [2.75, 3.05) is 11.9 Å². The summed E-state index contributed by atoms with van der Waals surface area (Å²) in [6.45, 7) is 38.5. The van der Waals surface area contributed by atoms with Crippen molar-refractivity contribution in [2.45, 2.75) is 172 Å². The lowest BCUT2D eigenvalue weighted by atomic mass is 9.96. The van der Waals surface area contributed by atoms with Crippen LogP contribution < -0.4 is 10.1 Å². The second kappa shape index (κ2) is 37.2. The molecule has 0 spiro atoms. The Balaban J connectivity index is 0.000000333. The van der Waals surface area contributed by atoms with Crippen LogP contribution in [0.1, 0.15) is 206 Å². The van der Waals surface area contributed by atoms with Gasteiger partial charge in [0.1, 0.15) is 23.2 Å². The van der Waals surface area contributed by atoms with Crippen molar-refractivity contribution in [2.24, 2.45) is 0 Å². The van der Waals surface area contributed by atoms with Crippen molar-refractivity contribution in [3.63, 3.8) is 0 Å². The van der Waals surface area contributed by atoms with E-state index in [4.69, 9.17) is 4.74 Å². The van der Waals surface area contributed by atoms with Crippen LogP contribution in [0.5, 0.6) is 5.75 Å². The van der Waals surface area contributed by atoms with Crippen LogP contribution in [0.25, 0.3) is 0 Å². The van der Waals surface area contributed by atoms with E-state index in [1.165, 1.54) is 80.9 Å². The van der Waals surface area contributed by atoms with Gasteiger partial charge in [0.2, 0.25) is 0 Å². The van der Waals surface area contributed by atoms with Gasteiger partial charge < -0.3 is 10.1 Å². The third kappa shape index (κ3) is 28.7. The second-order valence-electron chi connectivity index (χ2n) is 22.8. The van der Waals surface area contributed by atoms with Gasteiger partial charge in [-0.3, -0.25) is 0 Å². The van der Waals surface area contributed by atoms with E-state index in [0.717, 1.165) is 41.4 Å². The lowest BCUT2D eigenvalue weighted by molar-refractivity contribution is -0.137. The molecule has 0 fully saturated rings. The molecule has 8 heteroatoms. The molecular formula is C75H95F6NO. The summed E-state index contributed by atoms with van der Waals surface area (Å²) in [7, 11) is 0. The van der Waals surface area contributed by atoms with Crippen LogP contribution in [0, 0.1) is 38.2 Å². The third-order valence-electron chi connectivity index (χ3n) is 13.3. The quantitative estimate of drug-likeness (QED) is 0.130. The molecule has 8 rings (SSSR count). The highest BCUT2D eigenvalue weighted by Gasteiger charge is 2.30. The summed E-state index contributed by atoms with van der Waals surface area (Å²) in [5.74, 6) is 3.03. The van der Waals surface area contributed by atoms with Gasteiger partial charge in [-0.05, 0) is 174 Å². The molecular weight excluding hydrogens is 1040 g/mol. The Morgan fingerprint density at radius 2 is 0.795 bits per heavy atom. The number of para-hydroxylation sites is 1. The highest BCUT2D eigenvalue weighted by molar-refractivity contribution is 5.59. The maximum absolute atomic E-state index is 12.9. The number of benzene rings is 8. The first kappa shape index (κ1) is 72.0. The molecule has 0 saturated carbocycles. The number of ether oxygens (including phenoxy) is 1. The number of nitrogens with one attached hydrogen (secondary N) is 1. The molecule has 0 unspecified atom stereocenters. The minimum Gasteiger partial charge on any atom is -0.494 e. The largest absolute Gasteiger partial charge is 0.494 e. The van der Waals surface area contributed by atoms with E-state index in [0.29, 0.717) is 35.2 Å². The maximum Gasteiger partial charge on any atom is 0.416 e. The fourth-order valence-electron chi connectivity index (χ4n) is 7.98. The van der Waals surface area contributed by atoms with Crippen LogP contribution in [0.2, 0.25) is 0 Å². The van der Waals surface area contributed by atoms with E-state index in [9.17, 15) is 26.3 Å². The van der Waals surface area contributed by atoms with Crippen LogP contribution in [-0.2, 0) is 6.18 Å². The Labute approximate surface area is 496 Å². The summed E-state index contributed by atoms with van der Waals surface area (Å²) in [6.07, 6.45) is -4.23. The zero-order chi connectivity index (χ0) is 62.4. The number of hydrogen-bond donors (Lipinski definition) is 1. The number of rotatable bonds is 11. The van der Waals surface area contributed by atoms with Gasteiger partial charge in [0, 0.05) is 17.4 Å². The molecule has 1 N–H and O–H groups in total. The molecule has 448 valence electrons. The van der Waals surface area contributed by atoms with Crippen molar-refractivity contribution >= 4 is 11.4 Å². The van der Waals surface area contributed by atoms with Crippen LogP contribution in [0.3, 0.4) is 0 Å². The van der Waals surface area contributed by atoms with E-state index in [1.54, 1.807) is 6.07 Å². The molecule has 8 aromatic carbocycles. The monoisotopic (exact) mass is 1140 g/mol. The van der Waals surface area contributed by atoms with Gasteiger partial charge >= 0.3 is 6.18 Å². The Morgan fingerprint density at radius 3 is 1.22 bits per heavy atom. The van der Waals surface area contributed by atoms with Crippen molar-refractivity contribution < 1.29 is 31.1 Å². The molecule has 0 saturated heterocycles. The summed E-state index contributed by atoms with van der Waals surface area (Å²) in [5, 5.41) is 3.37. The van der Waals surface area contributed by atoms with E-state index >= 15 is 0 Å². The summed E-state index contributed by atoms with van der Waals surface area (Å²) in [6, 6.07) is 58.2. The zero-order valence-electron chi connectivity index (χ0n) is 52.8. The summed E-state index contributed by atoms with van der Waals surface area (Å²) in [5.41, 5.74) is 13.9. The van der Waals surface area contributed by atoms with E-state index in [1.807, 2.05) is 77.1 Å². The number of hydrogen-bond acceptors (Lipinski definition) is 2. The number of alkyl halides is 3. The van der Waals surface area contributed by atoms with Gasteiger partial charge in [0.05, 0.1) is 12.2 Å². The lowest BCUT2D eigenvalue weighted by Gasteiger charge is -2.10. The highest BCUT2D eigenvalue weighted by Crippen LogP contribution is 2.31. The molecule has 0 amide bonds. The topological polar surface area (TPSA) is 21.3 Å². The minimum atomic E-state index is -4.23. The first-order chi connectivity index (χ1) is 39.0. The second-order valence-corrected chi connectivity index (χ2v) is 22.8. The molecule has 8 aromatic rings. The van der Waals surface area contributed by atoms with Gasteiger partial charge in [-0.15, -0.1) is 0 Å². The standard InChI is InChI=1S/C15H17N.C11H16O.C11H16.C10H11F3.C10H14.C9H10F2.C9H11F/c1-12(2)13-8-10-15(11-9-13)16-14-6-4-3-5-7-14;1-4-12-11-7-5-10(6-8-11)9(2)3;1-8(2)11-7-9(3)5-6-10(11)4;1-7(2)8-4-3-5-9(6-8)10(11,12)13;1-8(2)10-6-4-9(3)5-7-10;1-6(2)8-4-3-7(10)5-9(8)11;1-7(2)8-3-5-9(10)6-4-8/h3-12,16H,1-2H3;5-9H,4H2,1-3H3;5-8H,1-4H3;3-7H,1-2H3;4-8H,1-3H3;3-6H,1-2H3;3-7H,1-2H3. The summed E-state index contributed by atoms with van der Waals surface area (Å²) < 4.78 is 79.6. The number of halogens is 6. The first-order valence-corrected chi connectivity index (χ1v) is 29.2. The molecule has 0 aliphatic heterocycles. The fourth-order valence-corrected chi connectivity index (χ4v) is 7.98. The molecule has 0 heterocycles. The average molecular weight is 1140 g/mol. The summed E-state index contributed by atoms with van der Waals surface area (Å²) in [4.78, 5) is 0. The average Bonchev–Trinajstić information content (AvgIpc) is 3.44. The molecule has 0 aliphatic rings. The molecule has 0 atom stereocenters. The Kier molecular flexibility index (Phi) is 32.3. The zero-order valence-corrected chi connectivity index (χ0v) is 52.8. The van der Waals surface area contributed by atoms with Gasteiger partial charge in [-0.1, -0.05) is 229 Å². The van der Waals surface area contributed by atoms with Crippen molar-refractivity contribution in [3.8, 4) is 5.75 Å². The smallest absolute Gasteiger partial charge is 0.416 e. The Morgan fingerprint density at radius 1 is 0.373 bits per heavy atom. The van der Waals surface area contributed by atoms with Crippen molar-refractivity contribution in [3.05, 3.63) is 267 Å². The first-order valence-electron chi connectivity index (χ1n) is 29.2. The molecule has 0 bridgehead atoms. The van der Waals surface area contributed by atoms with E-state index in [2.05, 4.69) is 186 Å². The number of anilines is 2. The SMILES string of the molecule is CC(C)c1ccc(F)cc1.CC(C)c1ccc(F)cc1F.CC(C)c1ccc(Nc2ccccc2)cc1.CC(C)c1cccc(C(F)(F)F)c1.CCOc1ccc(C(C)C)cc1.Cc1ccc(C(C)C)cc1.Cc1ccc(C)c(C(C)C)c1. The molecule has 0 aromatic heterocycles. The van der Waals surface area contributed by atoms with Crippen LogP contribution in [-0.4, -0.2) is 6.61 Å². The highest BCUT2D eigenvalue weighted by atomic mass is 19.4. The van der Waals surface area contributed by atoms with E-state index in [-0.39, 0.29) is 17.7 Å². The van der Waals surface area contributed by atoms with Crippen LogP contribution in [0.15, 0.2) is 188 Å². The molecule has 2 nitrogen and oxygen atoms in total. The van der Waals surface area contributed by atoms with Crippen LogP contribution >= 0.6 is 0 Å². The predicted octanol–water partition coefficient (Wildman–Crippen LogP) is 24.2. The molecule has 0 radical (unpaired) electrons. The Hall–Kier alpha value is -7.06. The van der Waals surface area contributed by atoms with Crippen LogP contribution in [0.4, 0.5) is 37.7 Å². The molecule has 83 heavy (non-hydrogen) atoms. The van der Waals surface area contributed by atoms with Crippen molar-refractivity contribution in [1.29, 1.82) is 0 Å². The van der Waals surface area contributed by atoms with Gasteiger partial charge in [-0.2, -0.15) is 13.2 Å². The van der Waals surface area contributed by atoms with Gasteiger partial charge in [0.25, 0.3) is 0 Å². The third-order valence-corrected chi connectivity index (χ3v) is 13.3. The van der Waals surface area contributed by atoms with Gasteiger partial charge in [0.15, 0.2) is 0 Å². The normalized spacial score (nSPS) is 10.7. The lowest BCUT2D eigenvalue weighted by Crippen LogP contribution is -2.05. The van der Waals surface area contributed by atoms with Crippen molar-refractivity contribution in [1.82, 2.24) is 0 Å².